The van der Waals surface area contributed by atoms with Crippen LogP contribution in [0.1, 0.15) is 56.9 Å². The fourth-order valence-electron chi connectivity index (χ4n) is 5.80. The number of hydrogen-bond donors (Lipinski definition) is 2. The number of carbonyl (C=O) groups excluding carboxylic acids is 1. The summed E-state index contributed by atoms with van der Waals surface area (Å²) in [5.41, 5.74) is 0.475. The molecule has 37 heavy (non-hydrogen) atoms. The van der Waals surface area contributed by atoms with Gasteiger partial charge in [-0.1, -0.05) is 24.4 Å². The van der Waals surface area contributed by atoms with Gasteiger partial charge in [-0.25, -0.2) is 14.2 Å². The van der Waals surface area contributed by atoms with Crippen LogP contribution in [0, 0.1) is 5.82 Å². The number of halogens is 2. The molecule has 5 rings (SSSR count). The molecule has 2 N–H and O–H groups in total. The minimum atomic E-state index is -0.971. The van der Waals surface area contributed by atoms with Crippen LogP contribution in [0.25, 0.3) is 0 Å². The Balaban J connectivity index is 1.47. The lowest BCUT2D eigenvalue weighted by molar-refractivity contribution is 0.221. The third-order valence-electron chi connectivity index (χ3n) is 7.90. The zero-order valence-corrected chi connectivity index (χ0v) is 22.3. The van der Waals surface area contributed by atoms with E-state index < -0.39 is 17.6 Å². The predicted octanol–water partition coefficient (Wildman–Crippen LogP) is 5.16. The van der Waals surface area contributed by atoms with Gasteiger partial charge in [0.25, 0.3) is 0 Å². The zero-order valence-electron chi connectivity index (χ0n) is 21.5. The van der Waals surface area contributed by atoms with Crippen LogP contribution < -0.4 is 19.9 Å². The van der Waals surface area contributed by atoms with Crippen molar-refractivity contribution in [3.8, 4) is 11.5 Å². The minimum absolute atomic E-state index is 0.0227. The predicted molar refractivity (Wildman–Crippen MR) is 141 cm³/mol. The van der Waals surface area contributed by atoms with E-state index in [-0.39, 0.29) is 35.1 Å². The van der Waals surface area contributed by atoms with Crippen molar-refractivity contribution in [2.24, 2.45) is 0 Å². The van der Waals surface area contributed by atoms with E-state index in [0.29, 0.717) is 23.4 Å². The van der Waals surface area contributed by atoms with Crippen molar-refractivity contribution in [3.63, 3.8) is 0 Å². The standard InChI is InChI=1S/C26H34ClFN6O3/c1-32(2)17-10-8-16(9-11-17)30-25-29-13-15-14-33(23-21(27)20(37-3)12-19(35)22(23)28)26(36)34(24(15)31-25)18-6-4-5-7-18/h12-13,16-18,35H,4-11,14H2,1-3H3,(H,29,30,31). The van der Waals surface area contributed by atoms with Crippen molar-refractivity contribution in [1.29, 1.82) is 0 Å². The molecule has 2 amide bonds. The molecule has 2 aliphatic carbocycles. The maximum Gasteiger partial charge on any atom is 0.330 e. The monoisotopic (exact) mass is 532 g/mol. The minimum Gasteiger partial charge on any atom is -0.505 e. The Hall–Kier alpha value is -2.85. The fraction of sp³-hybridized carbons (Fsp3) is 0.577. The lowest BCUT2D eigenvalue weighted by Crippen LogP contribution is -2.52. The second-order valence-electron chi connectivity index (χ2n) is 10.4. The van der Waals surface area contributed by atoms with Gasteiger partial charge in [0.1, 0.15) is 22.3 Å². The maximum absolute atomic E-state index is 15.2. The van der Waals surface area contributed by atoms with Crippen LogP contribution >= 0.6 is 11.6 Å². The van der Waals surface area contributed by atoms with E-state index in [1.165, 1.54) is 12.0 Å². The Morgan fingerprint density at radius 1 is 1.19 bits per heavy atom. The second-order valence-corrected chi connectivity index (χ2v) is 10.8. The number of urea groups is 1. The molecule has 0 spiro atoms. The second kappa shape index (κ2) is 10.5. The highest BCUT2D eigenvalue weighted by molar-refractivity contribution is 6.35. The lowest BCUT2D eigenvalue weighted by Gasteiger charge is -2.39. The summed E-state index contributed by atoms with van der Waals surface area (Å²) in [6.07, 6.45) is 9.64. The number of methoxy groups -OCH3 is 1. The summed E-state index contributed by atoms with van der Waals surface area (Å²) in [6.45, 7) is 0.0227. The van der Waals surface area contributed by atoms with Crippen molar-refractivity contribution < 1.29 is 19.0 Å². The average Bonchev–Trinajstić information content (AvgIpc) is 3.41. The molecule has 3 aliphatic rings. The van der Waals surface area contributed by atoms with Crippen molar-refractivity contribution in [2.75, 3.05) is 36.3 Å². The number of anilines is 3. The van der Waals surface area contributed by atoms with Crippen LogP contribution in [-0.4, -0.2) is 65.3 Å². The number of nitrogens with one attached hydrogen (secondary N) is 1. The van der Waals surface area contributed by atoms with Gasteiger partial charge in [0.15, 0.2) is 11.6 Å². The SMILES string of the molecule is COc1cc(O)c(F)c(N2Cc3cnc(NC4CCC(N(C)C)CC4)nc3N(C3CCCC3)C2=O)c1Cl. The van der Waals surface area contributed by atoms with Crippen molar-refractivity contribution >= 4 is 35.1 Å². The first-order chi connectivity index (χ1) is 17.8. The molecule has 1 aliphatic heterocycles. The Morgan fingerprint density at radius 2 is 1.89 bits per heavy atom. The topological polar surface area (TPSA) is 94.1 Å². The summed E-state index contributed by atoms with van der Waals surface area (Å²) in [5, 5.41) is 13.6. The van der Waals surface area contributed by atoms with Gasteiger partial charge < -0.3 is 20.1 Å². The van der Waals surface area contributed by atoms with Gasteiger partial charge in [0.2, 0.25) is 5.95 Å². The number of carbonyl (C=O) groups is 1. The van der Waals surface area contributed by atoms with E-state index in [0.717, 1.165) is 57.4 Å². The highest BCUT2D eigenvalue weighted by atomic mass is 35.5. The Morgan fingerprint density at radius 3 is 2.54 bits per heavy atom. The van der Waals surface area contributed by atoms with Crippen molar-refractivity contribution in [3.05, 3.63) is 28.7 Å². The molecule has 2 saturated carbocycles. The molecule has 9 nitrogen and oxygen atoms in total. The van der Waals surface area contributed by atoms with E-state index in [1.807, 2.05) is 0 Å². The van der Waals surface area contributed by atoms with E-state index in [2.05, 4.69) is 29.3 Å². The van der Waals surface area contributed by atoms with Gasteiger partial charge in [-0.3, -0.25) is 9.80 Å². The molecule has 2 aromatic rings. The molecule has 0 unspecified atom stereocenters. The third-order valence-corrected chi connectivity index (χ3v) is 8.27. The summed E-state index contributed by atoms with van der Waals surface area (Å²) < 4.78 is 20.4. The molecule has 2 fully saturated rings. The number of nitrogens with zero attached hydrogens (tertiary/aromatic N) is 5. The van der Waals surface area contributed by atoms with Gasteiger partial charge >= 0.3 is 6.03 Å². The molecule has 0 bridgehead atoms. The number of aromatic nitrogens is 2. The number of benzene rings is 1. The Kier molecular flexibility index (Phi) is 7.31. The molecule has 0 atom stereocenters. The highest BCUT2D eigenvalue weighted by Gasteiger charge is 2.41. The zero-order chi connectivity index (χ0) is 26.3. The molecule has 11 heteroatoms. The molecule has 1 aromatic heterocycles. The van der Waals surface area contributed by atoms with E-state index in [1.54, 1.807) is 11.1 Å². The number of hydrogen-bond acceptors (Lipinski definition) is 7. The maximum atomic E-state index is 15.2. The first-order valence-corrected chi connectivity index (χ1v) is 13.3. The summed E-state index contributed by atoms with van der Waals surface area (Å²) in [5.74, 6) is -0.472. The van der Waals surface area contributed by atoms with Gasteiger partial charge in [-0.05, 0) is 52.6 Å². The van der Waals surface area contributed by atoms with Gasteiger partial charge in [-0.2, -0.15) is 4.98 Å². The molecular formula is C26H34ClFN6O3. The summed E-state index contributed by atoms with van der Waals surface area (Å²) in [7, 11) is 5.61. The number of ether oxygens (including phenoxy) is 1. The fourth-order valence-corrected chi connectivity index (χ4v) is 6.12. The normalized spacial score (nSPS) is 22.5. The Bertz CT molecular complexity index is 1170. The molecule has 0 saturated heterocycles. The average molecular weight is 533 g/mol. The van der Waals surface area contributed by atoms with Gasteiger partial charge in [-0.15, -0.1) is 0 Å². The molecule has 1 aromatic carbocycles. The van der Waals surface area contributed by atoms with Crippen LogP contribution in [0.4, 0.5) is 26.6 Å². The van der Waals surface area contributed by atoms with Crippen molar-refractivity contribution in [2.45, 2.75) is 76.0 Å². The number of phenolic OH excluding ortho intramolecular Hbond substituents is 1. The molecule has 2 heterocycles. The number of phenols is 1. The number of fused-ring (bicyclic) bond motifs is 1. The number of rotatable bonds is 6. The molecule has 200 valence electrons. The summed E-state index contributed by atoms with van der Waals surface area (Å²) in [4.78, 5) is 28.5. The first-order valence-electron chi connectivity index (χ1n) is 12.9. The van der Waals surface area contributed by atoms with Gasteiger partial charge in [0.05, 0.1) is 13.7 Å². The number of aromatic hydroxyl groups is 1. The van der Waals surface area contributed by atoms with Crippen molar-refractivity contribution in [1.82, 2.24) is 14.9 Å². The smallest absolute Gasteiger partial charge is 0.330 e. The third kappa shape index (κ3) is 4.88. The molecular weight excluding hydrogens is 499 g/mol. The lowest BCUT2D eigenvalue weighted by atomic mass is 9.91. The van der Waals surface area contributed by atoms with E-state index in [9.17, 15) is 9.90 Å². The summed E-state index contributed by atoms with van der Waals surface area (Å²) >= 11 is 6.45. The summed E-state index contributed by atoms with van der Waals surface area (Å²) in [6, 6.07) is 1.48. The molecule has 0 radical (unpaired) electrons. The van der Waals surface area contributed by atoms with Crippen LogP contribution in [0.2, 0.25) is 5.02 Å². The van der Waals surface area contributed by atoms with Crippen LogP contribution in [0.3, 0.4) is 0 Å². The van der Waals surface area contributed by atoms with E-state index in [4.69, 9.17) is 21.3 Å². The largest absolute Gasteiger partial charge is 0.505 e. The Labute approximate surface area is 221 Å². The highest BCUT2D eigenvalue weighted by Crippen LogP contribution is 2.45. The van der Waals surface area contributed by atoms with Crippen LogP contribution in [-0.2, 0) is 6.54 Å². The van der Waals surface area contributed by atoms with Crippen LogP contribution in [0.5, 0.6) is 11.5 Å². The van der Waals surface area contributed by atoms with Gasteiger partial charge in [0, 0.05) is 36.0 Å². The number of amides is 2. The quantitative estimate of drug-likeness (QED) is 0.531. The van der Waals surface area contributed by atoms with E-state index >= 15 is 4.39 Å². The van der Waals surface area contributed by atoms with Crippen LogP contribution in [0.15, 0.2) is 12.3 Å². The first kappa shape index (κ1) is 25.8.